The molecule has 0 unspecified atom stereocenters. The molecule has 0 atom stereocenters. The summed E-state index contributed by atoms with van der Waals surface area (Å²) in [7, 11) is 0. The molecule has 20 heavy (non-hydrogen) atoms. The topological polar surface area (TPSA) is 15.3 Å². The Morgan fingerprint density at radius 1 is 1.25 bits per heavy atom. The van der Waals surface area contributed by atoms with Crippen LogP contribution in [0.15, 0.2) is 35.7 Å². The van der Waals surface area contributed by atoms with E-state index in [1.165, 1.54) is 4.88 Å². The van der Waals surface area contributed by atoms with E-state index in [0.29, 0.717) is 6.54 Å². The molecule has 108 valence electrons. The number of benzene rings is 1. The Labute approximate surface area is 124 Å². The van der Waals surface area contributed by atoms with Gasteiger partial charge >= 0.3 is 0 Å². The fourth-order valence-electron chi connectivity index (χ4n) is 2.16. The van der Waals surface area contributed by atoms with Gasteiger partial charge in [-0.05, 0) is 48.7 Å². The van der Waals surface area contributed by atoms with Crippen LogP contribution in [-0.2, 0) is 13.1 Å². The Morgan fingerprint density at radius 2 is 2.10 bits per heavy atom. The first-order valence-corrected chi connectivity index (χ1v) is 7.88. The molecule has 0 aliphatic heterocycles. The first-order chi connectivity index (χ1) is 9.72. The van der Waals surface area contributed by atoms with E-state index in [2.05, 4.69) is 47.6 Å². The Bertz CT molecular complexity index is 525. The SMILES string of the molecule is CCNCc1cc(F)cc(N(CC)Cc2cccs2)c1. The highest BCUT2D eigenvalue weighted by Gasteiger charge is 2.09. The van der Waals surface area contributed by atoms with E-state index in [1.807, 2.05) is 0 Å². The van der Waals surface area contributed by atoms with Crippen LogP contribution < -0.4 is 10.2 Å². The van der Waals surface area contributed by atoms with Crippen LogP contribution in [0.25, 0.3) is 0 Å². The lowest BCUT2D eigenvalue weighted by atomic mass is 10.1. The lowest BCUT2D eigenvalue weighted by Crippen LogP contribution is -2.22. The van der Waals surface area contributed by atoms with Crippen LogP contribution in [0.2, 0.25) is 0 Å². The van der Waals surface area contributed by atoms with Gasteiger partial charge < -0.3 is 10.2 Å². The van der Waals surface area contributed by atoms with E-state index >= 15 is 0 Å². The van der Waals surface area contributed by atoms with Crippen LogP contribution in [0.3, 0.4) is 0 Å². The molecule has 0 saturated heterocycles. The van der Waals surface area contributed by atoms with Crippen molar-refractivity contribution >= 4 is 17.0 Å². The van der Waals surface area contributed by atoms with Crippen LogP contribution in [0.4, 0.5) is 10.1 Å². The quantitative estimate of drug-likeness (QED) is 0.829. The standard InChI is InChI=1S/C16H21FN2S/c1-3-18-11-13-8-14(17)10-15(9-13)19(4-2)12-16-6-5-7-20-16/h5-10,18H,3-4,11-12H2,1-2H3. The van der Waals surface area contributed by atoms with E-state index in [1.54, 1.807) is 23.5 Å². The Balaban J connectivity index is 2.17. The summed E-state index contributed by atoms with van der Waals surface area (Å²) < 4.78 is 13.8. The molecule has 4 heteroatoms. The summed E-state index contributed by atoms with van der Waals surface area (Å²) in [5.41, 5.74) is 1.94. The Morgan fingerprint density at radius 3 is 2.75 bits per heavy atom. The largest absolute Gasteiger partial charge is 0.367 e. The zero-order valence-corrected chi connectivity index (χ0v) is 12.8. The summed E-state index contributed by atoms with van der Waals surface area (Å²) in [5.74, 6) is -0.167. The van der Waals surface area contributed by atoms with Gasteiger partial charge in [0.05, 0.1) is 6.54 Å². The lowest BCUT2D eigenvalue weighted by Gasteiger charge is -2.23. The average Bonchev–Trinajstić information content (AvgIpc) is 2.95. The van der Waals surface area contributed by atoms with E-state index in [9.17, 15) is 4.39 Å². The van der Waals surface area contributed by atoms with Crippen LogP contribution in [0.1, 0.15) is 24.3 Å². The molecule has 0 aliphatic carbocycles. The minimum atomic E-state index is -0.167. The van der Waals surface area contributed by atoms with Crippen molar-refractivity contribution in [3.63, 3.8) is 0 Å². The summed E-state index contributed by atoms with van der Waals surface area (Å²) in [4.78, 5) is 3.49. The molecule has 2 rings (SSSR count). The molecule has 2 nitrogen and oxygen atoms in total. The summed E-state index contributed by atoms with van der Waals surface area (Å²) >= 11 is 1.74. The molecule has 0 spiro atoms. The van der Waals surface area contributed by atoms with Gasteiger partial charge in [-0.15, -0.1) is 11.3 Å². The fourth-order valence-corrected chi connectivity index (χ4v) is 2.88. The minimum Gasteiger partial charge on any atom is -0.367 e. The highest BCUT2D eigenvalue weighted by molar-refractivity contribution is 7.09. The molecular formula is C16H21FN2S. The highest BCUT2D eigenvalue weighted by atomic mass is 32.1. The molecule has 0 amide bonds. The minimum absolute atomic E-state index is 0.167. The van der Waals surface area contributed by atoms with Crippen LogP contribution >= 0.6 is 11.3 Å². The van der Waals surface area contributed by atoms with Gasteiger partial charge in [-0.2, -0.15) is 0 Å². The van der Waals surface area contributed by atoms with E-state index in [4.69, 9.17) is 0 Å². The van der Waals surface area contributed by atoms with Gasteiger partial charge in [0.1, 0.15) is 5.82 Å². The molecule has 1 N–H and O–H groups in total. The smallest absolute Gasteiger partial charge is 0.125 e. The second kappa shape index (κ2) is 7.41. The third kappa shape index (κ3) is 4.05. The van der Waals surface area contributed by atoms with Crippen molar-refractivity contribution in [1.82, 2.24) is 5.32 Å². The van der Waals surface area contributed by atoms with Crippen molar-refractivity contribution in [2.45, 2.75) is 26.9 Å². The van der Waals surface area contributed by atoms with Crippen molar-refractivity contribution in [2.75, 3.05) is 18.0 Å². The highest BCUT2D eigenvalue weighted by Crippen LogP contribution is 2.22. The number of nitrogens with zero attached hydrogens (tertiary/aromatic N) is 1. The second-order valence-electron chi connectivity index (χ2n) is 4.69. The number of hydrogen-bond acceptors (Lipinski definition) is 3. The summed E-state index contributed by atoms with van der Waals surface area (Å²) in [6.07, 6.45) is 0. The molecule has 0 saturated carbocycles. The lowest BCUT2D eigenvalue weighted by molar-refractivity contribution is 0.620. The van der Waals surface area contributed by atoms with E-state index < -0.39 is 0 Å². The van der Waals surface area contributed by atoms with Crippen LogP contribution in [0, 0.1) is 5.82 Å². The van der Waals surface area contributed by atoms with Crippen LogP contribution in [-0.4, -0.2) is 13.1 Å². The number of nitrogens with one attached hydrogen (secondary N) is 1. The molecule has 1 aromatic heterocycles. The molecule has 0 fully saturated rings. The maximum atomic E-state index is 13.8. The number of rotatable bonds is 7. The zero-order valence-electron chi connectivity index (χ0n) is 12.0. The zero-order chi connectivity index (χ0) is 14.4. The van der Waals surface area contributed by atoms with Crippen LogP contribution in [0.5, 0.6) is 0 Å². The maximum absolute atomic E-state index is 13.8. The Kier molecular flexibility index (Phi) is 5.56. The molecule has 0 aliphatic rings. The van der Waals surface area contributed by atoms with Gasteiger partial charge in [0.15, 0.2) is 0 Å². The second-order valence-corrected chi connectivity index (χ2v) is 5.72. The predicted octanol–water partition coefficient (Wildman–Crippen LogP) is 4.02. The van der Waals surface area contributed by atoms with Gasteiger partial charge in [-0.1, -0.05) is 13.0 Å². The number of thiophene rings is 1. The van der Waals surface area contributed by atoms with E-state index in [0.717, 1.165) is 30.9 Å². The van der Waals surface area contributed by atoms with Gasteiger partial charge in [0.2, 0.25) is 0 Å². The summed E-state index contributed by atoms with van der Waals surface area (Å²) in [6.45, 7) is 7.44. The van der Waals surface area contributed by atoms with Gasteiger partial charge in [-0.25, -0.2) is 4.39 Å². The number of halogens is 1. The monoisotopic (exact) mass is 292 g/mol. The van der Waals surface area contributed by atoms with Gasteiger partial charge in [0, 0.05) is 23.7 Å². The van der Waals surface area contributed by atoms with Crippen molar-refractivity contribution in [3.05, 3.63) is 52.0 Å². The number of hydrogen-bond donors (Lipinski definition) is 1. The van der Waals surface area contributed by atoms with Gasteiger partial charge in [0.25, 0.3) is 0 Å². The first-order valence-electron chi connectivity index (χ1n) is 7.00. The van der Waals surface area contributed by atoms with Crippen molar-refractivity contribution < 1.29 is 4.39 Å². The van der Waals surface area contributed by atoms with Crippen molar-refractivity contribution in [1.29, 1.82) is 0 Å². The summed E-state index contributed by atoms with van der Waals surface area (Å²) in [6, 6.07) is 9.46. The molecule has 0 bridgehead atoms. The van der Waals surface area contributed by atoms with Crippen molar-refractivity contribution in [3.8, 4) is 0 Å². The third-order valence-electron chi connectivity index (χ3n) is 3.20. The van der Waals surface area contributed by atoms with Gasteiger partial charge in [-0.3, -0.25) is 0 Å². The van der Waals surface area contributed by atoms with E-state index in [-0.39, 0.29) is 5.82 Å². The first kappa shape index (κ1) is 15.0. The molecule has 0 radical (unpaired) electrons. The third-order valence-corrected chi connectivity index (χ3v) is 4.06. The molecule has 1 heterocycles. The van der Waals surface area contributed by atoms with Crippen molar-refractivity contribution in [2.24, 2.45) is 0 Å². The fraction of sp³-hybridized carbons (Fsp3) is 0.375. The molecule has 2 aromatic rings. The Hall–Kier alpha value is -1.39. The predicted molar refractivity (Wildman–Crippen MR) is 84.8 cm³/mol. The number of anilines is 1. The average molecular weight is 292 g/mol. The summed E-state index contributed by atoms with van der Waals surface area (Å²) in [5, 5.41) is 5.31. The molecular weight excluding hydrogens is 271 g/mol. The normalized spacial score (nSPS) is 10.8. The molecule has 1 aromatic carbocycles. The maximum Gasteiger partial charge on any atom is 0.125 e.